The summed E-state index contributed by atoms with van der Waals surface area (Å²) < 4.78 is 13.6. The number of nitrogens with one attached hydrogen (secondary N) is 1. The third-order valence-electron chi connectivity index (χ3n) is 3.02. The van der Waals surface area contributed by atoms with Crippen LogP contribution < -0.4 is 10.1 Å². The molecule has 0 saturated carbocycles. The summed E-state index contributed by atoms with van der Waals surface area (Å²) in [6.45, 7) is 4.41. The normalized spacial score (nSPS) is 10.6. The average molecular weight is 354 g/mol. The van der Waals surface area contributed by atoms with Crippen molar-refractivity contribution in [1.29, 1.82) is 0 Å². The van der Waals surface area contributed by atoms with Gasteiger partial charge in [-0.05, 0) is 47.5 Å². The van der Waals surface area contributed by atoms with Gasteiger partial charge >= 0.3 is 0 Å². The van der Waals surface area contributed by atoms with Crippen molar-refractivity contribution in [3.8, 4) is 5.75 Å². The van der Waals surface area contributed by atoms with E-state index in [-0.39, 0.29) is 0 Å². The van der Waals surface area contributed by atoms with Gasteiger partial charge in [0.1, 0.15) is 5.75 Å². The molecule has 114 valence electrons. The molecule has 0 amide bonds. The largest absolute Gasteiger partial charge is 0.496 e. The van der Waals surface area contributed by atoms with Gasteiger partial charge in [0.05, 0.1) is 11.6 Å². The number of aromatic nitrogens is 2. The summed E-state index contributed by atoms with van der Waals surface area (Å²) in [5, 5.41) is 3.31. The van der Waals surface area contributed by atoms with E-state index < -0.39 is 0 Å². The number of methoxy groups -OCH3 is 1. The lowest BCUT2D eigenvalue weighted by Gasteiger charge is -2.11. The van der Waals surface area contributed by atoms with E-state index in [9.17, 15) is 0 Å². The summed E-state index contributed by atoms with van der Waals surface area (Å²) >= 11 is 3.48. The van der Waals surface area contributed by atoms with Crippen LogP contribution >= 0.6 is 15.9 Å². The van der Waals surface area contributed by atoms with E-state index in [0.717, 1.165) is 48.0 Å². The lowest BCUT2D eigenvalue weighted by Crippen LogP contribution is -2.06. The monoisotopic (exact) mass is 353 g/mol. The van der Waals surface area contributed by atoms with Crippen LogP contribution in [0, 0.1) is 0 Å². The summed E-state index contributed by atoms with van der Waals surface area (Å²) in [7, 11) is 1.65. The van der Waals surface area contributed by atoms with Gasteiger partial charge in [-0.15, -0.1) is 0 Å². The van der Waals surface area contributed by atoms with Gasteiger partial charge in [0.15, 0.2) is 0 Å². The van der Waals surface area contributed by atoms with E-state index in [1.807, 2.05) is 31.3 Å². The maximum Gasteiger partial charge on any atom is 0.207 e. The van der Waals surface area contributed by atoms with Crippen LogP contribution in [-0.2, 0) is 11.3 Å². The van der Waals surface area contributed by atoms with Crippen LogP contribution in [-0.4, -0.2) is 29.9 Å². The first-order valence-electron chi connectivity index (χ1n) is 6.94. The van der Waals surface area contributed by atoms with E-state index in [0.29, 0.717) is 0 Å². The van der Waals surface area contributed by atoms with Crippen molar-refractivity contribution in [3.05, 3.63) is 35.1 Å². The number of benzene rings is 1. The van der Waals surface area contributed by atoms with Crippen molar-refractivity contribution < 1.29 is 9.47 Å². The van der Waals surface area contributed by atoms with Gasteiger partial charge in [-0.25, -0.2) is 4.98 Å². The number of ether oxygens (including phenoxy) is 2. The van der Waals surface area contributed by atoms with Crippen LogP contribution in [0.5, 0.6) is 5.75 Å². The fraction of sp³-hybridized carbons (Fsp3) is 0.400. The topological polar surface area (TPSA) is 48.3 Å². The molecule has 6 heteroatoms. The molecule has 0 spiro atoms. The second-order valence-corrected chi connectivity index (χ2v) is 5.32. The third kappa shape index (κ3) is 4.47. The first-order valence-corrected chi connectivity index (χ1v) is 7.73. The second-order valence-electron chi connectivity index (χ2n) is 4.47. The maximum atomic E-state index is 5.36. The zero-order valence-electron chi connectivity index (χ0n) is 12.3. The Hall–Kier alpha value is -1.53. The highest BCUT2D eigenvalue weighted by atomic mass is 79.9. The molecule has 0 unspecified atom stereocenters. The highest BCUT2D eigenvalue weighted by Crippen LogP contribution is 2.28. The fourth-order valence-corrected chi connectivity index (χ4v) is 2.51. The molecule has 0 radical (unpaired) electrons. The van der Waals surface area contributed by atoms with E-state index in [1.165, 1.54) is 0 Å². The Labute approximate surface area is 133 Å². The number of imidazole rings is 1. The minimum absolute atomic E-state index is 0.759. The van der Waals surface area contributed by atoms with Crippen molar-refractivity contribution in [2.75, 3.05) is 25.6 Å². The van der Waals surface area contributed by atoms with Gasteiger partial charge < -0.3 is 19.4 Å². The second kappa shape index (κ2) is 8.05. The van der Waals surface area contributed by atoms with Gasteiger partial charge in [0.25, 0.3) is 0 Å². The highest BCUT2D eigenvalue weighted by molar-refractivity contribution is 9.10. The third-order valence-corrected chi connectivity index (χ3v) is 3.63. The van der Waals surface area contributed by atoms with Crippen LogP contribution in [0.4, 0.5) is 11.6 Å². The zero-order valence-corrected chi connectivity index (χ0v) is 13.9. The number of aryl methyl sites for hydroxylation is 1. The van der Waals surface area contributed by atoms with E-state index in [2.05, 4.69) is 30.8 Å². The van der Waals surface area contributed by atoms with E-state index in [4.69, 9.17) is 9.47 Å². The van der Waals surface area contributed by atoms with Crippen molar-refractivity contribution in [1.82, 2.24) is 9.55 Å². The van der Waals surface area contributed by atoms with Gasteiger partial charge in [0, 0.05) is 37.8 Å². The van der Waals surface area contributed by atoms with Gasteiger partial charge in [0.2, 0.25) is 5.95 Å². The first kappa shape index (κ1) is 15.9. The molecule has 0 aliphatic rings. The smallest absolute Gasteiger partial charge is 0.207 e. The Morgan fingerprint density at radius 2 is 2.24 bits per heavy atom. The summed E-state index contributed by atoms with van der Waals surface area (Å²) in [6.07, 6.45) is 4.72. The highest BCUT2D eigenvalue weighted by Gasteiger charge is 2.05. The minimum atomic E-state index is 0.759. The molecule has 1 heterocycles. The molecule has 2 aromatic rings. The standard InChI is InChI=1S/C15H20BrN3O2/c1-3-21-10-4-8-19-9-7-17-15(19)18-12-5-6-14(20-2)13(16)11-12/h5-7,9,11H,3-4,8,10H2,1-2H3,(H,17,18). The Bertz CT molecular complexity index is 572. The molecule has 5 nitrogen and oxygen atoms in total. The summed E-state index contributed by atoms with van der Waals surface area (Å²) in [5.41, 5.74) is 0.958. The molecule has 0 saturated heterocycles. The quantitative estimate of drug-likeness (QED) is 0.732. The molecule has 21 heavy (non-hydrogen) atoms. The Kier molecular flexibility index (Phi) is 6.07. The predicted octanol–water partition coefficient (Wildman–Crippen LogP) is 3.82. The summed E-state index contributed by atoms with van der Waals surface area (Å²) in [6, 6.07) is 5.84. The van der Waals surface area contributed by atoms with Crippen LogP contribution in [0.3, 0.4) is 0 Å². The molecule has 1 N–H and O–H groups in total. The predicted molar refractivity (Wildman–Crippen MR) is 87.3 cm³/mol. The molecular weight excluding hydrogens is 334 g/mol. The molecule has 0 aliphatic carbocycles. The first-order chi connectivity index (χ1) is 10.2. The minimum Gasteiger partial charge on any atom is -0.496 e. The van der Waals surface area contributed by atoms with Crippen LogP contribution in [0.15, 0.2) is 35.1 Å². The molecular formula is C15H20BrN3O2. The zero-order chi connectivity index (χ0) is 15.1. The van der Waals surface area contributed by atoms with E-state index >= 15 is 0 Å². The maximum absolute atomic E-state index is 5.36. The van der Waals surface area contributed by atoms with Crippen LogP contribution in [0.25, 0.3) is 0 Å². The van der Waals surface area contributed by atoms with Crippen molar-refractivity contribution in [2.24, 2.45) is 0 Å². The number of anilines is 2. The van der Waals surface area contributed by atoms with Gasteiger partial charge in [-0.2, -0.15) is 0 Å². The number of hydrogen-bond acceptors (Lipinski definition) is 4. The number of nitrogens with zero attached hydrogens (tertiary/aromatic N) is 2. The number of halogens is 1. The SMILES string of the molecule is CCOCCCn1ccnc1Nc1ccc(OC)c(Br)c1. The van der Waals surface area contributed by atoms with Crippen LogP contribution in [0.1, 0.15) is 13.3 Å². The summed E-state index contributed by atoms with van der Waals surface area (Å²) in [4.78, 5) is 4.35. The Balaban J connectivity index is 1.99. The molecule has 1 aromatic heterocycles. The fourth-order valence-electron chi connectivity index (χ4n) is 1.97. The lowest BCUT2D eigenvalue weighted by atomic mass is 10.3. The molecule has 2 rings (SSSR count). The number of hydrogen-bond donors (Lipinski definition) is 1. The number of rotatable bonds is 8. The molecule has 0 fully saturated rings. The van der Waals surface area contributed by atoms with Crippen LogP contribution in [0.2, 0.25) is 0 Å². The summed E-state index contributed by atoms with van der Waals surface area (Å²) in [5.74, 6) is 1.63. The lowest BCUT2D eigenvalue weighted by molar-refractivity contribution is 0.142. The Morgan fingerprint density at radius 3 is 2.95 bits per heavy atom. The van der Waals surface area contributed by atoms with Crippen molar-refractivity contribution in [2.45, 2.75) is 19.9 Å². The van der Waals surface area contributed by atoms with Gasteiger partial charge in [-0.3, -0.25) is 0 Å². The Morgan fingerprint density at radius 1 is 1.38 bits per heavy atom. The van der Waals surface area contributed by atoms with Crippen molar-refractivity contribution in [3.63, 3.8) is 0 Å². The molecule has 0 aliphatic heterocycles. The molecule has 0 atom stereocenters. The van der Waals surface area contributed by atoms with Gasteiger partial charge in [-0.1, -0.05) is 0 Å². The molecule has 1 aromatic carbocycles. The van der Waals surface area contributed by atoms with E-state index in [1.54, 1.807) is 13.3 Å². The average Bonchev–Trinajstić information content (AvgIpc) is 2.91. The van der Waals surface area contributed by atoms with Crippen molar-refractivity contribution >= 4 is 27.6 Å². The molecule has 0 bridgehead atoms.